The average Bonchev–Trinajstić information content (AvgIpc) is 3.17. The molecule has 1 unspecified atom stereocenters. The molecule has 0 bridgehead atoms. The SMILES string of the molecule is O=C(CCCc1cn[nH]c1)N1CCC(Cc2cc(F)cc(F)c2)C1. The first-order valence-electron chi connectivity index (χ1n) is 8.30. The summed E-state index contributed by atoms with van der Waals surface area (Å²) in [5.41, 5.74) is 1.77. The molecule has 128 valence electrons. The quantitative estimate of drug-likeness (QED) is 0.883. The van der Waals surface area contributed by atoms with Crippen LogP contribution in [0.4, 0.5) is 8.78 Å². The van der Waals surface area contributed by atoms with Crippen molar-refractivity contribution in [3.63, 3.8) is 0 Å². The van der Waals surface area contributed by atoms with Gasteiger partial charge in [-0.3, -0.25) is 9.89 Å². The molecule has 0 spiro atoms. The predicted octanol–water partition coefficient (Wildman–Crippen LogP) is 3.10. The van der Waals surface area contributed by atoms with Gasteiger partial charge in [-0.05, 0) is 54.9 Å². The number of H-pyrrole nitrogens is 1. The van der Waals surface area contributed by atoms with Crippen LogP contribution in [0.3, 0.4) is 0 Å². The zero-order valence-electron chi connectivity index (χ0n) is 13.5. The highest BCUT2D eigenvalue weighted by atomic mass is 19.1. The Bertz CT molecular complexity index is 667. The van der Waals surface area contributed by atoms with Crippen LogP contribution in [-0.2, 0) is 17.6 Å². The minimum atomic E-state index is -0.546. The van der Waals surface area contributed by atoms with E-state index in [2.05, 4.69) is 10.2 Å². The number of benzene rings is 1. The van der Waals surface area contributed by atoms with Gasteiger partial charge < -0.3 is 4.90 Å². The van der Waals surface area contributed by atoms with Crippen LogP contribution in [0.15, 0.2) is 30.6 Å². The Morgan fingerprint density at radius 2 is 2.04 bits per heavy atom. The Balaban J connectivity index is 1.45. The summed E-state index contributed by atoms with van der Waals surface area (Å²) >= 11 is 0. The van der Waals surface area contributed by atoms with E-state index in [1.165, 1.54) is 12.1 Å². The van der Waals surface area contributed by atoms with Crippen molar-refractivity contribution in [3.05, 3.63) is 53.4 Å². The molecule has 1 amide bonds. The van der Waals surface area contributed by atoms with Gasteiger partial charge >= 0.3 is 0 Å². The molecule has 1 fully saturated rings. The first-order valence-corrected chi connectivity index (χ1v) is 8.30. The van der Waals surface area contributed by atoms with Crippen LogP contribution in [0, 0.1) is 17.6 Å². The molecule has 1 aromatic carbocycles. The summed E-state index contributed by atoms with van der Waals surface area (Å²) in [5.74, 6) is -0.666. The number of nitrogens with zero attached hydrogens (tertiary/aromatic N) is 2. The molecule has 4 nitrogen and oxygen atoms in total. The second-order valence-electron chi connectivity index (χ2n) is 6.44. The Kier molecular flexibility index (Phi) is 5.23. The number of aryl methyl sites for hydroxylation is 1. The number of aromatic nitrogens is 2. The highest BCUT2D eigenvalue weighted by Gasteiger charge is 2.26. The summed E-state index contributed by atoms with van der Waals surface area (Å²) in [7, 11) is 0. The van der Waals surface area contributed by atoms with E-state index in [1.807, 2.05) is 11.1 Å². The molecule has 1 atom stereocenters. The monoisotopic (exact) mass is 333 g/mol. The number of aromatic amines is 1. The van der Waals surface area contributed by atoms with E-state index in [1.54, 1.807) is 6.20 Å². The van der Waals surface area contributed by atoms with Gasteiger partial charge in [-0.2, -0.15) is 5.10 Å². The summed E-state index contributed by atoms with van der Waals surface area (Å²) in [6.45, 7) is 1.40. The van der Waals surface area contributed by atoms with Crippen LogP contribution in [0.5, 0.6) is 0 Å². The van der Waals surface area contributed by atoms with E-state index in [9.17, 15) is 13.6 Å². The summed E-state index contributed by atoms with van der Waals surface area (Å²) in [6.07, 6.45) is 7.26. The maximum atomic E-state index is 13.3. The number of likely N-dealkylation sites (tertiary alicyclic amines) is 1. The maximum Gasteiger partial charge on any atom is 0.222 e. The fourth-order valence-electron chi connectivity index (χ4n) is 3.30. The second-order valence-corrected chi connectivity index (χ2v) is 6.44. The second kappa shape index (κ2) is 7.55. The summed E-state index contributed by atoms with van der Waals surface area (Å²) < 4.78 is 26.5. The van der Waals surface area contributed by atoms with Crippen LogP contribution < -0.4 is 0 Å². The third-order valence-corrected chi connectivity index (χ3v) is 4.50. The molecule has 1 N–H and O–H groups in total. The van der Waals surface area contributed by atoms with Gasteiger partial charge in [-0.15, -0.1) is 0 Å². The fraction of sp³-hybridized carbons (Fsp3) is 0.444. The van der Waals surface area contributed by atoms with Gasteiger partial charge in [0, 0.05) is 31.8 Å². The number of amides is 1. The van der Waals surface area contributed by atoms with E-state index in [-0.39, 0.29) is 11.8 Å². The number of hydrogen-bond acceptors (Lipinski definition) is 2. The van der Waals surface area contributed by atoms with Gasteiger partial charge in [-0.25, -0.2) is 8.78 Å². The minimum Gasteiger partial charge on any atom is -0.342 e. The molecule has 0 radical (unpaired) electrons. The smallest absolute Gasteiger partial charge is 0.222 e. The van der Waals surface area contributed by atoms with Crippen LogP contribution in [0.2, 0.25) is 0 Å². The normalized spacial score (nSPS) is 17.4. The van der Waals surface area contributed by atoms with Gasteiger partial charge in [0.25, 0.3) is 0 Å². The Morgan fingerprint density at radius 3 is 2.75 bits per heavy atom. The molecule has 0 saturated carbocycles. The Labute approximate surface area is 139 Å². The van der Waals surface area contributed by atoms with Crippen LogP contribution in [0.1, 0.15) is 30.4 Å². The van der Waals surface area contributed by atoms with Crippen molar-refractivity contribution in [3.8, 4) is 0 Å². The molecule has 2 heterocycles. The standard InChI is InChI=1S/C18H21F2N3O/c19-16-7-15(8-17(20)9-16)6-13-4-5-23(12-13)18(24)3-1-2-14-10-21-22-11-14/h7-11,13H,1-6,12H2,(H,21,22). The van der Waals surface area contributed by atoms with Crippen LogP contribution in [0.25, 0.3) is 0 Å². The molecule has 1 aromatic heterocycles. The van der Waals surface area contributed by atoms with Gasteiger partial charge in [-0.1, -0.05) is 0 Å². The Morgan fingerprint density at radius 1 is 1.25 bits per heavy atom. The third-order valence-electron chi connectivity index (χ3n) is 4.50. The molecule has 6 heteroatoms. The fourth-order valence-corrected chi connectivity index (χ4v) is 3.30. The molecular formula is C18H21F2N3O. The number of halogens is 2. The van der Waals surface area contributed by atoms with Gasteiger partial charge in [0.2, 0.25) is 5.91 Å². The minimum absolute atomic E-state index is 0.159. The van der Waals surface area contributed by atoms with Crippen molar-refractivity contribution < 1.29 is 13.6 Å². The lowest BCUT2D eigenvalue weighted by Crippen LogP contribution is -2.28. The number of nitrogens with one attached hydrogen (secondary N) is 1. The molecule has 1 aliphatic rings. The number of carbonyl (C=O) groups is 1. The van der Waals surface area contributed by atoms with Gasteiger partial charge in [0.1, 0.15) is 11.6 Å². The van der Waals surface area contributed by atoms with Crippen molar-refractivity contribution in [1.29, 1.82) is 0 Å². The summed E-state index contributed by atoms with van der Waals surface area (Å²) in [5, 5.41) is 6.65. The van der Waals surface area contributed by atoms with Crippen molar-refractivity contribution in [2.24, 2.45) is 5.92 Å². The highest BCUT2D eigenvalue weighted by molar-refractivity contribution is 5.76. The Hall–Kier alpha value is -2.24. The zero-order valence-corrected chi connectivity index (χ0v) is 13.5. The van der Waals surface area contributed by atoms with E-state index >= 15 is 0 Å². The number of rotatable bonds is 6. The third kappa shape index (κ3) is 4.40. The molecule has 1 saturated heterocycles. The van der Waals surface area contributed by atoms with Crippen molar-refractivity contribution >= 4 is 5.91 Å². The number of carbonyl (C=O) groups excluding carboxylic acids is 1. The largest absolute Gasteiger partial charge is 0.342 e. The van der Waals surface area contributed by atoms with Crippen molar-refractivity contribution in [2.45, 2.75) is 32.1 Å². The first kappa shape index (κ1) is 16.6. The number of hydrogen-bond donors (Lipinski definition) is 1. The molecule has 3 rings (SSSR count). The van der Waals surface area contributed by atoms with E-state index in [4.69, 9.17) is 0 Å². The van der Waals surface area contributed by atoms with Crippen LogP contribution >= 0.6 is 0 Å². The predicted molar refractivity (Wildman–Crippen MR) is 86.3 cm³/mol. The highest BCUT2D eigenvalue weighted by Crippen LogP contribution is 2.23. The molecular weight excluding hydrogens is 312 g/mol. The first-order chi connectivity index (χ1) is 11.6. The topological polar surface area (TPSA) is 49.0 Å². The summed E-state index contributed by atoms with van der Waals surface area (Å²) in [6, 6.07) is 3.63. The lowest BCUT2D eigenvalue weighted by molar-refractivity contribution is -0.130. The lowest BCUT2D eigenvalue weighted by Gasteiger charge is -2.16. The van der Waals surface area contributed by atoms with Gasteiger partial charge in [0.15, 0.2) is 0 Å². The van der Waals surface area contributed by atoms with Gasteiger partial charge in [0.05, 0.1) is 6.20 Å². The van der Waals surface area contributed by atoms with E-state index in [0.29, 0.717) is 24.9 Å². The molecule has 2 aromatic rings. The van der Waals surface area contributed by atoms with Crippen molar-refractivity contribution in [2.75, 3.05) is 13.1 Å². The van der Waals surface area contributed by atoms with E-state index in [0.717, 1.165) is 37.4 Å². The average molecular weight is 333 g/mol. The zero-order chi connectivity index (χ0) is 16.9. The molecule has 24 heavy (non-hydrogen) atoms. The molecule has 0 aliphatic carbocycles. The van der Waals surface area contributed by atoms with E-state index < -0.39 is 11.6 Å². The van der Waals surface area contributed by atoms with Crippen LogP contribution in [-0.4, -0.2) is 34.1 Å². The lowest BCUT2D eigenvalue weighted by atomic mass is 9.98. The maximum absolute atomic E-state index is 13.3. The molecule has 1 aliphatic heterocycles. The summed E-state index contributed by atoms with van der Waals surface area (Å²) in [4.78, 5) is 14.1. The van der Waals surface area contributed by atoms with Crippen molar-refractivity contribution in [1.82, 2.24) is 15.1 Å².